The summed E-state index contributed by atoms with van der Waals surface area (Å²) in [5.74, 6) is 0. The maximum atomic E-state index is 12.8. The SMILES string of the molecule is CC1CCN(Cc2ccccc2)CCN1C(=O)NCCc1ccc2cn[nH]c2c1. The van der Waals surface area contributed by atoms with E-state index in [0.29, 0.717) is 6.54 Å². The van der Waals surface area contributed by atoms with Gasteiger partial charge in [-0.05, 0) is 37.0 Å². The van der Waals surface area contributed by atoms with Gasteiger partial charge in [0.15, 0.2) is 0 Å². The van der Waals surface area contributed by atoms with Crippen molar-refractivity contribution >= 4 is 16.9 Å². The van der Waals surface area contributed by atoms with E-state index in [0.717, 1.165) is 49.9 Å². The van der Waals surface area contributed by atoms with Crippen LogP contribution in [0.1, 0.15) is 24.5 Å². The fraction of sp³-hybridized carbons (Fsp3) is 0.391. The molecule has 1 saturated heterocycles. The molecule has 1 aliphatic rings. The van der Waals surface area contributed by atoms with Crippen molar-refractivity contribution < 1.29 is 4.79 Å². The van der Waals surface area contributed by atoms with Crippen LogP contribution in [-0.4, -0.2) is 58.2 Å². The Morgan fingerprint density at radius 3 is 2.86 bits per heavy atom. The number of aromatic amines is 1. The first-order valence-corrected chi connectivity index (χ1v) is 10.4. The summed E-state index contributed by atoms with van der Waals surface area (Å²) in [6.45, 7) is 6.42. The highest BCUT2D eigenvalue weighted by Crippen LogP contribution is 2.15. The summed E-state index contributed by atoms with van der Waals surface area (Å²) in [5, 5.41) is 11.3. The lowest BCUT2D eigenvalue weighted by Gasteiger charge is -2.27. The third kappa shape index (κ3) is 4.95. The molecule has 2 amide bonds. The van der Waals surface area contributed by atoms with Crippen molar-refractivity contribution in [2.45, 2.75) is 32.4 Å². The van der Waals surface area contributed by atoms with Gasteiger partial charge in [0.1, 0.15) is 0 Å². The number of aromatic nitrogens is 2. The van der Waals surface area contributed by atoms with E-state index in [1.54, 1.807) is 0 Å². The van der Waals surface area contributed by atoms with Gasteiger partial charge in [0.05, 0.1) is 11.7 Å². The third-order valence-electron chi connectivity index (χ3n) is 5.76. The molecule has 0 aliphatic carbocycles. The number of H-pyrrole nitrogens is 1. The van der Waals surface area contributed by atoms with Crippen LogP contribution in [0.25, 0.3) is 10.9 Å². The smallest absolute Gasteiger partial charge is 0.317 e. The summed E-state index contributed by atoms with van der Waals surface area (Å²) in [7, 11) is 0. The first-order valence-electron chi connectivity index (χ1n) is 10.4. The molecular weight excluding hydrogens is 362 g/mol. The Morgan fingerprint density at radius 1 is 1.14 bits per heavy atom. The Balaban J connectivity index is 1.27. The van der Waals surface area contributed by atoms with Crippen molar-refractivity contribution in [3.05, 3.63) is 65.9 Å². The van der Waals surface area contributed by atoms with Crippen molar-refractivity contribution in [1.82, 2.24) is 25.3 Å². The summed E-state index contributed by atoms with van der Waals surface area (Å²) in [5.41, 5.74) is 3.56. The lowest BCUT2D eigenvalue weighted by molar-refractivity contribution is 0.181. The molecule has 0 spiro atoms. The summed E-state index contributed by atoms with van der Waals surface area (Å²) in [6.07, 6.45) is 3.63. The van der Waals surface area contributed by atoms with E-state index in [1.807, 2.05) is 17.2 Å². The van der Waals surface area contributed by atoms with Crippen LogP contribution in [0, 0.1) is 0 Å². The summed E-state index contributed by atoms with van der Waals surface area (Å²) in [6, 6.07) is 17.1. The zero-order valence-corrected chi connectivity index (χ0v) is 17.0. The molecule has 2 aromatic carbocycles. The minimum atomic E-state index is 0.0432. The van der Waals surface area contributed by atoms with Crippen molar-refractivity contribution in [3.63, 3.8) is 0 Å². The number of hydrogen-bond donors (Lipinski definition) is 2. The minimum Gasteiger partial charge on any atom is -0.338 e. The number of nitrogens with one attached hydrogen (secondary N) is 2. The monoisotopic (exact) mass is 391 g/mol. The van der Waals surface area contributed by atoms with Crippen LogP contribution in [0.15, 0.2) is 54.7 Å². The minimum absolute atomic E-state index is 0.0432. The van der Waals surface area contributed by atoms with Crippen LogP contribution in [-0.2, 0) is 13.0 Å². The number of urea groups is 1. The van der Waals surface area contributed by atoms with E-state index >= 15 is 0 Å². The predicted octanol–water partition coefficient (Wildman–Crippen LogP) is 3.41. The van der Waals surface area contributed by atoms with Gasteiger partial charge in [-0.1, -0.05) is 42.5 Å². The Bertz CT molecular complexity index is 939. The number of hydrogen-bond acceptors (Lipinski definition) is 3. The van der Waals surface area contributed by atoms with Gasteiger partial charge in [-0.2, -0.15) is 5.10 Å². The number of rotatable bonds is 5. The van der Waals surface area contributed by atoms with Crippen LogP contribution in [0.2, 0.25) is 0 Å². The fourth-order valence-corrected chi connectivity index (χ4v) is 3.96. The van der Waals surface area contributed by atoms with Gasteiger partial charge >= 0.3 is 6.03 Å². The highest BCUT2D eigenvalue weighted by molar-refractivity contribution is 5.78. The summed E-state index contributed by atoms with van der Waals surface area (Å²) < 4.78 is 0. The van der Waals surface area contributed by atoms with Crippen LogP contribution in [0.4, 0.5) is 4.79 Å². The Morgan fingerprint density at radius 2 is 2.00 bits per heavy atom. The fourth-order valence-electron chi connectivity index (χ4n) is 3.96. The molecule has 6 heteroatoms. The molecule has 1 aromatic heterocycles. The van der Waals surface area contributed by atoms with Gasteiger partial charge < -0.3 is 10.2 Å². The molecule has 3 aromatic rings. The lowest BCUT2D eigenvalue weighted by Crippen LogP contribution is -2.46. The van der Waals surface area contributed by atoms with Gasteiger partial charge in [-0.15, -0.1) is 0 Å². The van der Waals surface area contributed by atoms with Crippen LogP contribution in [0.5, 0.6) is 0 Å². The molecule has 29 heavy (non-hydrogen) atoms. The Kier molecular flexibility index (Phi) is 6.10. The summed E-state index contributed by atoms with van der Waals surface area (Å²) >= 11 is 0. The third-order valence-corrected chi connectivity index (χ3v) is 5.76. The molecule has 152 valence electrons. The molecule has 0 bridgehead atoms. The van der Waals surface area contributed by atoms with E-state index in [2.05, 4.69) is 69.8 Å². The van der Waals surface area contributed by atoms with Crippen molar-refractivity contribution in [2.75, 3.05) is 26.2 Å². The zero-order chi connectivity index (χ0) is 20.1. The topological polar surface area (TPSA) is 64.3 Å². The lowest BCUT2D eigenvalue weighted by atomic mass is 10.1. The number of amides is 2. The molecule has 1 fully saturated rings. The normalized spacial score (nSPS) is 18.0. The molecule has 1 atom stereocenters. The average molecular weight is 392 g/mol. The second-order valence-electron chi connectivity index (χ2n) is 7.87. The largest absolute Gasteiger partial charge is 0.338 e. The van der Waals surface area contributed by atoms with Gasteiger partial charge in [-0.25, -0.2) is 4.79 Å². The summed E-state index contributed by atoms with van der Waals surface area (Å²) in [4.78, 5) is 17.2. The number of carbonyl (C=O) groups excluding carboxylic acids is 1. The zero-order valence-electron chi connectivity index (χ0n) is 17.0. The number of nitrogens with zero attached hydrogens (tertiary/aromatic N) is 3. The van der Waals surface area contributed by atoms with E-state index in [-0.39, 0.29) is 12.1 Å². The first-order chi connectivity index (χ1) is 14.2. The predicted molar refractivity (Wildman–Crippen MR) is 116 cm³/mol. The highest BCUT2D eigenvalue weighted by atomic mass is 16.2. The number of benzene rings is 2. The molecule has 0 saturated carbocycles. The van der Waals surface area contributed by atoms with E-state index in [9.17, 15) is 4.79 Å². The molecule has 1 unspecified atom stereocenters. The molecule has 2 N–H and O–H groups in total. The molecule has 4 rings (SSSR count). The van der Waals surface area contributed by atoms with Crippen LogP contribution in [0.3, 0.4) is 0 Å². The van der Waals surface area contributed by atoms with Crippen LogP contribution < -0.4 is 5.32 Å². The highest BCUT2D eigenvalue weighted by Gasteiger charge is 2.24. The molecule has 2 heterocycles. The van der Waals surface area contributed by atoms with Crippen molar-refractivity contribution in [3.8, 4) is 0 Å². The second-order valence-corrected chi connectivity index (χ2v) is 7.87. The van der Waals surface area contributed by atoms with Crippen LogP contribution >= 0.6 is 0 Å². The first kappa shape index (κ1) is 19.5. The Hall–Kier alpha value is -2.86. The average Bonchev–Trinajstić information content (AvgIpc) is 3.12. The number of fused-ring (bicyclic) bond motifs is 1. The maximum Gasteiger partial charge on any atom is 0.317 e. The maximum absolute atomic E-state index is 12.8. The molecular formula is C23H29N5O. The van der Waals surface area contributed by atoms with E-state index in [4.69, 9.17) is 0 Å². The molecule has 6 nitrogen and oxygen atoms in total. The van der Waals surface area contributed by atoms with Gasteiger partial charge in [0, 0.05) is 44.2 Å². The second kappa shape index (κ2) is 9.09. The van der Waals surface area contributed by atoms with Gasteiger partial charge in [-0.3, -0.25) is 10.00 Å². The van der Waals surface area contributed by atoms with Gasteiger partial charge in [0.25, 0.3) is 0 Å². The quantitative estimate of drug-likeness (QED) is 0.701. The molecule has 1 aliphatic heterocycles. The standard InChI is InChI=1S/C23H29N5O/c1-18-10-12-27(17-20-5-3-2-4-6-20)13-14-28(18)23(29)24-11-9-19-7-8-21-16-25-26-22(21)15-19/h2-8,15-16,18H,9-14,17H2,1H3,(H,24,29)(H,25,26). The molecule has 0 radical (unpaired) electrons. The van der Waals surface area contributed by atoms with E-state index in [1.165, 1.54) is 11.1 Å². The van der Waals surface area contributed by atoms with Gasteiger partial charge in [0.2, 0.25) is 0 Å². The van der Waals surface area contributed by atoms with Crippen molar-refractivity contribution in [1.29, 1.82) is 0 Å². The van der Waals surface area contributed by atoms with Crippen molar-refractivity contribution in [2.24, 2.45) is 0 Å². The van der Waals surface area contributed by atoms with E-state index < -0.39 is 0 Å². The number of carbonyl (C=O) groups is 1. The Labute approximate surface area is 171 Å².